The Balaban J connectivity index is 1.38. The first-order chi connectivity index (χ1) is 22.5. The normalized spacial score (nSPS) is 19.8. The average Bonchev–Trinajstić information content (AvgIpc) is 3.63. The van der Waals surface area contributed by atoms with E-state index in [-0.39, 0.29) is 65.3 Å². The topological polar surface area (TPSA) is 152 Å². The van der Waals surface area contributed by atoms with E-state index in [4.69, 9.17) is 4.74 Å². The second kappa shape index (κ2) is 13.1. The zero-order valence-corrected chi connectivity index (χ0v) is 26.2. The number of thioether (sulfide) groups is 1. The van der Waals surface area contributed by atoms with Crippen molar-refractivity contribution < 1.29 is 35.9 Å². The molecule has 1 saturated heterocycles. The fourth-order valence-electron chi connectivity index (χ4n) is 5.28. The standard InChI is InChI=1S/C29H27F3N8O5S2/c1-45-24-7-6-17-12-23(24)33-9-2-4-22-28(46-29(31)32)40-10-3-5-21(25(40)36-22)35-20-8-11-38(15-19(20)30)27(42)18-13-34-39(14-18)16-47(43,44)37-26(17)41/h3,5-7,10,12-14,19-20,29,33,35H,8-9,11,15-16H2,1H3,(H,37,41)/t19-,20+/m0/s1. The largest absolute Gasteiger partial charge is 0.495 e. The fraction of sp³-hybridized carbons (Fsp3) is 0.310. The van der Waals surface area contributed by atoms with E-state index in [1.165, 1.54) is 47.0 Å². The SMILES string of the molecule is COc1ccc2cc1NCC#Cc1nc3c(cccn3c1SC(F)F)N[C@@H]1CCN(C[C@@H]1F)C(=O)c1cnn(c1)CS(=O)(=O)NC2=O. The Bertz CT molecular complexity index is 2020. The molecule has 8 bridgehead atoms. The van der Waals surface area contributed by atoms with Crippen LogP contribution in [0.2, 0.25) is 0 Å². The lowest BCUT2D eigenvalue weighted by molar-refractivity contribution is 0.0617. The number of rotatable bonds is 3. The van der Waals surface area contributed by atoms with Gasteiger partial charge in [0.15, 0.2) is 11.5 Å². The molecule has 47 heavy (non-hydrogen) atoms. The summed E-state index contributed by atoms with van der Waals surface area (Å²) in [5.74, 6) is 0.973. The fourth-order valence-corrected chi connectivity index (χ4v) is 6.87. The number of hydrogen-bond acceptors (Lipinski definition) is 10. The van der Waals surface area contributed by atoms with Crippen molar-refractivity contribution in [3.63, 3.8) is 0 Å². The van der Waals surface area contributed by atoms with E-state index in [1.54, 1.807) is 18.3 Å². The molecule has 1 aromatic carbocycles. The molecular formula is C29H27F3N8O5S2. The summed E-state index contributed by atoms with van der Waals surface area (Å²) in [6, 6.07) is 6.76. The molecule has 2 amide bonds. The third-order valence-electron chi connectivity index (χ3n) is 7.44. The highest BCUT2D eigenvalue weighted by Crippen LogP contribution is 2.32. The number of piperidine rings is 1. The Morgan fingerprint density at radius 3 is 2.77 bits per heavy atom. The van der Waals surface area contributed by atoms with Gasteiger partial charge in [0.2, 0.25) is 0 Å². The first kappa shape index (κ1) is 32.1. The predicted molar refractivity (Wildman–Crippen MR) is 167 cm³/mol. The van der Waals surface area contributed by atoms with Crippen LogP contribution in [0.4, 0.5) is 24.5 Å². The molecule has 3 aliphatic heterocycles. The van der Waals surface area contributed by atoms with Crippen molar-refractivity contribution in [2.24, 2.45) is 0 Å². The zero-order chi connectivity index (χ0) is 33.3. The molecule has 2 atom stereocenters. The lowest BCUT2D eigenvalue weighted by Crippen LogP contribution is -2.49. The van der Waals surface area contributed by atoms with E-state index >= 15 is 4.39 Å². The minimum atomic E-state index is -4.27. The Hall–Kier alpha value is -4.89. The number of anilines is 2. The van der Waals surface area contributed by atoms with Crippen molar-refractivity contribution in [2.45, 2.75) is 35.3 Å². The molecule has 4 aromatic rings. The van der Waals surface area contributed by atoms with E-state index in [1.807, 2.05) is 4.72 Å². The van der Waals surface area contributed by atoms with Gasteiger partial charge in [0.1, 0.15) is 22.6 Å². The van der Waals surface area contributed by atoms with Gasteiger partial charge in [-0.2, -0.15) is 13.9 Å². The van der Waals surface area contributed by atoms with Crippen LogP contribution in [0.5, 0.6) is 5.75 Å². The molecule has 18 heteroatoms. The number of methoxy groups -OCH3 is 1. The smallest absolute Gasteiger partial charge is 0.290 e. The molecule has 0 unspecified atom stereocenters. The van der Waals surface area contributed by atoms with Crippen molar-refractivity contribution in [2.75, 3.05) is 37.4 Å². The number of amides is 2. The molecule has 0 spiro atoms. The van der Waals surface area contributed by atoms with Crippen LogP contribution in [-0.4, -0.2) is 89.0 Å². The van der Waals surface area contributed by atoms with Crippen LogP contribution in [0.15, 0.2) is 53.9 Å². The number of benzene rings is 1. The van der Waals surface area contributed by atoms with E-state index in [9.17, 15) is 26.8 Å². The number of pyridine rings is 1. The number of imidazole rings is 1. The lowest BCUT2D eigenvalue weighted by atomic mass is 10.0. The van der Waals surface area contributed by atoms with Gasteiger partial charge < -0.3 is 20.3 Å². The Morgan fingerprint density at radius 2 is 2.00 bits per heavy atom. The van der Waals surface area contributed by atoms with Gasteiger partial charge >= 0.3 is 0 Å². The third kappa shape index (κ3) is 6.95. The van der Waals surface area contributed by atoms with Gasteiger partial charge in [-0.3, -0.25) is 18.7 Å². The van der Waals surface area contributed by atoms with Gasteiger partial charge in [-0.15, -0.1) is 0 Å². The summed E-state index contributed by atoms with van der Waals surface area (Å²) in [6.45, 7) is -0.109. The third-order valence-corrected chi connectivity index (χ3v) is 9.34. The maximum atomic E-state index is 15.5. The number of nitrogens with one attached hydrogen (secondary N) is 3. The zero-order valence-electron chi connectivity index (χ0n) is 24.6. The summed E-state index contributed by atoms with van der Waals surface area (Å²) in [7, 11) is -2.86. The quantitative estimate of drug-likeness (QED) is 0.217. The van der Waals surface area contributed by atoms with Crippen molar-refractivity contribution in [3.8, 4) is 17.6 Å². The molecule has 3 N–H and O–H groups in total. The number of sulfonamides is 1. The van der Waals surface area contributed by atoms with E-state index < -0.39 is 45.7 Å². The number of nitrogens with zero attached hydrogens (tertiary/aromatic N) is 5. The minimum absolute atomic E-state index is 0.0178. The van der Waals surface area contributed by atoms with Crippen LogP contribution >= 0.6 is 11.8 Å². The summed E-state index contributed by atoms with van der Waals surface area (Å²) < 4.78 is 78.1. The highest BCUT2D eigenvalue weighted by Gasteiger charge is 2.33. The number of ether oxygens (including phenoxy) is 1. The molecule has 0 saturated carbocycles. The molecular weight excluding hydrogens is 661 g/mol. The van der Waals surface area contributed by atoms with Gasteiger partial charge in [0.05, 0.1) is 49.4 Å². The van der Waals surface area contributed by atoms with E-state index in [2.05, 4.69) is 32.6 Å². The van der Waals surface area contributed by atoms with Gasteiger partial charge in [0, 0.05) is 24.5 Å². The van der Waals surface area contributed by atoms with Gasteiger partial charge in [0.25, 0.3) is 27.6 Å². The second-order valence-corrected chi connectivity index (χ2v) is 13.3. The first-order valence-electron chi connectivity index (χ1n) is 14.1. The molecule has 0 radical (unpaired) electrons. The number of fused-ring (bicyclic) bond motifs is 7. The molecule has 0 aliphatic carbocycles. The first-order valence-corrected chi connectivity index (χ1v) is 16.7. The summed E-state index contributed by atoms with van der Waals surface area (Å²) >= 11 is 0.271. The minimum Gasteiger partial charge on any atom is -0.495 e. The maximum absolute atomic E-state index is 15.5. The molecule has 6 heterocycles. The lowest BCUT2D eigenvalue weighted by Gasteiger charge is -2.35. The molecule has 3 aliphatic rings. The number of alkyl halides is 3. The highest BCUT2D eigenvalue weighted by molar-refractivity contribution is 7.99. The van der Waals surface area contributed by atoms with Gasteiger partial charge in [-0.25, -0.2) is 22.5 Å². The summed E-state index contributed by atoms with van der Waals surface area (Å²) in [5, 5.41) is 10.2. The van der Waals surface area contributed by atoms with E-state index in [0.29, 0.717) is 17.1 Å². The number of aromatic nitrogens is 4. The van der Waals surface area contributed by atoms with Crippen molar-refractivity contribution in [1.29, 1.82) is 0 Å². The van der Waals surface area contributed by atoms with Crippen molar-refractivity contribution >= 4 is 50.6 Å². The summed E-state index contributed by atoms with van der Waals surface area (Å²) in [6.07, 6.45) is 2.65. The number of halogens is 3. The predicted octanol–water partition coefficient (Wildman–Crippen LogP) is 3.01. The maximum Gasteiger partial charge on any atom is 0.290 e. The summed E-state index contributed by atoms with van der Waals surface area (Å²) in [4.78, 5) is 31.9. The molecule has 246 valence electrons. The number of carbonyl (C=O) groups excluding carboxylic acids is 2. The van der Waals surface area contributed by atoms with Crippen molar-refractivity contribution in [3.05, 3.63) is 65.7 Å². The Kier molecular flexibility index (Phi) is 8.92. The van der Waals surface area contributed by atoms with Crippen LogP contribution in [0.1, 0.15) is 32.8 Å². The van der Waals surface area contributed by atoms with Crippen LogP contribution in [0.25, 0.3) is 5.65 Å². The Morgan fingerprint density at radius 1 is 1.17 bits per heavy atom. The molecule has 1 fully saturated rings. The number of carbonyl (C=O) groups is 2. The highest BCUT2D eigenvalue weighted by atomic mass is 32.2. The molecule has 13 nitrogen and oxygen atoms in total. The summed E-state index contributed by atoms with van der Waals surface area (Å²) in [5.41, 5.74) is 1.09. The van der Waals surface area contributed by atoms with Gasteiger partial charge in [-0.05, 0) is 54.4 Å². The van der Waals surface area contributed by atoms with Crippen LogP contribution < -0.4 is 20.1 Å². The number of hydrogen-bond donors (Lipinski definition) is 3. The van der Waals surface area contributed by atoms with E-state index in [0.717, 1.165) is 4.68 Å². The Labute approximate surface area is 270 Å². The second-order valence-electron chi connectivity index (χ2n) is 10.6. The van der Waals surface area contributed by atoms with Crippen molar-refractivity contribution in [1.82, 2.24) is 28.8 Å². The molecule has 7 rings (SSSR count). The van der Waals surface area contributed by atoms with Crippen LogP contribution in [-0.2, 0) is 15.9 Å². The monoisotopic (exact) mass is 688 g/mol. The molecule has 3 aromatic heterocycles. The average molecular weight is 689 g/mol. The van der Waals surface area contributed by atoms with Crippen LogP contribution in [0, 0.1) is 11.8 Å². The van der Waals surface area contributed by atoms with Crippen LogP contribution in [0.3, 0.4) is 0 Å². The van der Waals surface area contributed by atoms with Gasteiger partial charge in [-0.1, -0.05) is 5.92 Å².